The van der Waals surface area contributed by atoms with E-state index in [1.165, 1.54) is 0 Å². The van der Waals surface area contributed by atoms with Crippen LogP contribution in [0.1, 0.15) is 0 Å². The molecule has 44 valence electrons. The van der Waals surface area contributed by atoms with Crippen molar-refractivity contribution in [1.29, 1.82) is 0 Å². The maximum atomic E-state index is 8.33. The van der Waals surface area contributed by atoms with Gasteiger partial charge in [0.1, 0.15) is 0 Å². The van der Waals surface area contributed by atoms with E-state index in [4.69, 9.17) is 3.40 Å². The summed E-state index contributed by atoms with van der Waals surface area (Å²) in [6.45, 7) is 0. The van der Waals surface area contributed by atoms with Crippen molar-refractivity contribution in [1.82, 2.24) is 0 Å². The first-order valence-electron chi connectivity index (χ1n) is 0.167. The Balaban J connectivity index is -0.000000000833. The Morgan fingerprint density at radius 3 is 0.667 bits per heavy atom. The normalized spacial score (nSPS) is 0.667. The van der Waals surface area contributed by atoms with Gasteiger partial charge in [0, 0.05) is 0 Å². The van der Waals surface area contributed by atoms with E-state index in [0.717, 1.165) is 0 Å². The third kappa shape index (κ3) is 32.3. The Hall–Kier alpha value is 2.41. The minimum atomic E-state index is 0. The van der Waals surface area contributed by atoms with Gasteiger partial charge in [-0.05, 0) is 0 Å². The van der Waals surface area contributed by atoms with Crippen LogP contribution in [0.15, 0.2) is 0 Å². The Labute approximate surface area is 89.9 Å². The molecule has 0 atom stereocenters. The fourth-order valence-corrected chi connectivity index (χ4v) is 0. The summed E-state index contributed by atoms with van der Waals surface area (Å²) in [5.74, 6) is 0. The second-order valence-corrected chi connectivity index (χ2v) is 0. The molecule has 6 heteroatoms. The van der Waals surface area contributed by atoms with E-state index in [1.54, 1.807) is 0 Å². The summed E-state index contributed by atoms with van der Waals surface area (Å²) in [5.41, 5.74) is 0. The van der Waals surface area contributed by atoms with Gasteiger partial charge in [-0.1, -0.05) is 0 Å². The average Bonchev–Trinajstić information content (AvgIpc) is 1.00. The van der Waals surface area contributed by atoms with E-state index in [9.17, 15) is 0 Å². The zero-order chi connectivity index (χ0) is 2.00. The second-order valence-electron chi connectivity index (χ2n) is 0. The molecule has 0 rings (SSSR count). The minimum absolute atomic E-state index is 0. The van der Waals surface area contributed by atoms with Crippen molar-refractivity contribution in [2.75, 3.05) is 0 Å². The summed E-state index contributed by atoms with van der Waals surface area (Å²) in [4.78, 5) is 0. The van der Waals surface area contributed by atoms with Gasteiger partial charge >= 0.3 is 23.2 Å². The summed E-state index contributed by atoms with van der Waals surface area (Å²) < 4.78 is 8.33. The molecule has 0 N–H and O–H groups in total. The molecule has 0 radical (unpaired) electrons. The van der Waals surface area contributed by atoms with Crippen LogP contribution in [-0.4, -0.2) is 0 Å². The first-order chi connectivity index (χ1) is 1.00. The first-order valence-corrected chi connectivity index (χ1v) is 1.36. The standard InChI is InChI=1S/4BrH.O.W/h4*1H;;. The van der Waals surface area contributed by atoms with Crippen LogP contribution in [0.25, 0.3) is 0 Å². The number of hydrogen-bond acceptors (Lipinski definition) is 1. The van der Waals surface area contributed by atoms with E-state index >= 15 is 0 Å². The van der Waals surface area contributed by atoms with Crippen LogP contribution in [0, 0.1) is 0 Å². The SMILES string of the molecule is Br.Br.Br.Br.[O]=[W]. The van der Waals surface area contributed by atoms with Gasteiger partial charge in [-0.15, -0.1) is 67.9 Å². The van der Waals surface area contributed by atoms with Gasteiger partial charge in [0.2, 0.25) is 0 Å². The van der Waals surface area contributed by atoms with Crippen molar-refractivity contribution in [3.63, 3.8) is 0 Å². The monoisotopic (exact) mass is 520 g/mol. The summed E-state index contributed by atoms with van der Waals surface area (Å²) >= 11 is 0.333. The molecule has 0 heterocycles. The van der Waals surface area contributed by atoms with E-state index < -0.39 is 0 Å². The van der Waals surface area contributed by atoms with Gasteiger partial charge in [-0.25, -0.2) is 0 Å². The van der Waals surface area contributed by atoms with Crippen molar-refractivity contribution in [3.05, 3.63) is 0 Å². The fourth-order valence-electron chi connectivity index (χ4n) is 0. The van der Waals surface area contributed by atoms with E-state index in [1.807, 2.05) is 0 Å². The van der Waals surface area contributed by atoms with E-state index in [2.05, 4.69) is 0 Å². The van der Waals surface area contributed by atoms with Crippen molar-refractivity contribution in [2.24, 2.45) is 0 Å². The van der Waals surface area contributed by atoms with Crippen LogP contribution >= 0.6 is 67.9 Å². The Morgan fingerprint density at radius 2 is 0.667 bits per heavy atom. The van der Waals surface area contributed by atoms with Gasteiger partial charge in [0.15, 0.2) is 0 Å². The second kappa shape index (κ2) is 52.5. The molecule has 0 aliphatic carbocycles. The van der Waals surface area contributed by atoms with Crippen LogP contribution in [0.3, 0.4) is 0 Å². The molecule has 0 aliphatic heterocycles. The molecule has 0 bridgehead atoms. The molecule has 0 aromatic carbocycles. The van der Waals surface area contributed by atoms with E-state index in [0.29, 0.717) is 19.8 Å². The average molecular weight is 523 g/mol. The fraction of sp³-hybridized carbons (Fsp3) is 0. The van der Waals surface area contributed by atoms with Gasteiger partial charge in [-0.3, -0.25) is 0 Å². The van der Waals surface area contributed by atoms with Gasteiger partial charge < -0.3 is 0 Å². The molecule has 0 aromatic heterocycles. The van der Waals surface area contributed by atoms with Crippen molar-refractivity contribution in [2.45, 2.75) is 0 Å². The summed E-state index contributed by atoms with van der Waals surface area (Å²) in [6.07, 6.45) is 0. The Kier molecular flexibility index (Phi) is 347. The van der Waals surface area contributed by atoms with Crippen LogP contribution < -0.4 is 0 Å². The summed E-state index contributed by atoms with van der Waals surface area (Å²) in [5, 5.41) is 0. The molecule has 0 saturated heterocycles. The predicted molar refractivity (Wildman–Crippen MR) is 42.0 cm³/mol. The predicted octanol–water partition coefficient (Wildman–Crippen LogP) is 2.19. The Bertz CT molecular complexity index is 7.51. The number of rotatable bonds is 0. The molecule has 6 heavy (non-hydrogen) atoms. The zero-order valence-corrected chi connectivity index (χ0v) is 12.2. The third-order valence-corrected chi connectivity index (χ3v) is 0. The quantitative estimate of drug-likeness (QED) is 0.476. The third-order valence-electron chi connectivity index (χ3n) is 0. The van der Waals surface area contributed by atoms with Crippen molar-refractivity contribution < 1.29 is 23.2 Å². The zero-order valence-electron chi connectivity index (χ0n) is 2.45. The Morgan fingerprint density at radius 1 is 0.667 bits per heavy atom. The maximum absolute atomic E-state index is 8.33. The van der Waals surface area contributed by atoms with E-state index in [-0.39, 0.29) is 67.9 Å². The molecule has 0 aromatic rings. The van der Waals surface area contributed by atoms with Crippen LogP contribution in [-0.2, 0) is 23.2 Å². The molecular formula is H4Br4OW. The molecule has 0 saturated carbocycles. The molecule has 0 fully saturated rings. The van der Waals surface area contributed by atoms with Crippen LogP contribution in [0.2, 0.25) is 0 Å². The first kappa shape index (κ1) is 39.7. The molecular weight excluding hydrogens is 519 g/mol. The van der Waals surface area contributed by atoms with Gasteiger partial charge in [0.25, 0.3) is 0 Å². The topological polar surface area (TPSA) is 17.1 Å². The molecule has 0 amide bonds. The number of halogens is 4. The molecule has 1 nitrogen and oxygen atoms in total. The number of hydrogen-bond donors (Lipinski definition) is 0. The van der Waals surface area contributed by atoms with Gasteiger partial charge in [0.05, 0.1) is 0 Å². The molecule has 0 aliphatic rings. The van der Waals surface area contributed by atoms with Crippen molar-refractivity contribution >= 4 is 67.9 Å². The summed E-state index contributed by atoms with van der Waals surface area (Å²) in [6, 6.07) is 0. The molecule has 0 spiro atoms. The van der Waals surface area contributed by atoms with Crippen molar-refractivity contribution in [3.8, 4) is 0 Å². The van der Waals surface area contributed by atoms with Crippen LogP contribution in [0.5, 0.6) is 0 Å². The van der Waals surface area contributed by atoms with Gasteiger partial charge in [-0.2, -0.15) is 0 Å². The summed E-state index contributed by atoms with van der Waals surface area (Å²) in [7, 11) is 0. The van der Waals surface area contributed by atoms with Crippen LogP contribution in [0.4, 0.5) is 0 Å². The molecule has 0 unspecified atom stereocenters.